The van der Waals surface area contributed by atoms with Gasteiger partial charge in [-0.05, 0) is 25.1 Å². The average molecular weight is 309 g/mol. The molecular formula is C14H12FNO4S. The lowest BCUT2D eigenvalue weighted by molar-refractivity contribution is 0.0697. The van der Waals surface area contributed by atoms with Gasteiger partial charge in [-0.25, -0.2) is 9.18 Å². The van der Waals surface area contributed by atoms with Crippen LogP contribution in [0.15, 0.2) is 24.3 Å². The number of thiophene rings is 1. The number of carboxylic acid groups (broad SMARTS) is 1. The lowest BCUT2D eigenvalue weighted by Gasteiger charge is -2.07. The summed E-state index contributed by atoms with van der Waals surface area (Å²) in [6.07, 6.45) is 0. The summed E-state index contributed by atoms with van der Waals surface area (Å²) in [5, 5.41) is 9.03. The molecule has 0 atom stereocenters. The molecule has 0 saturated heterocycles. The van der Waals surface area contributed by atoms with Crippen LogP contribution in [0, 0.1) is 12.7 Å². The molecule has 0 unspecified atom stereocenters. The molecule has 0 spiro atoms. The third-order valence-electron chi connectivity index (χ3n) is 2.74. The molecule has 0 aliphatic heterocycles. The summed E-state index contributed by atoms with van der Waals surface area (Å²) >= 11 is 1.09. The Hall–Kier alpha value is -2.41. The second kappa shape index (κ2) is 5.92. The standard InChI is InChI=1S/C14H12FNO4S/c1-7-4-11(12(21-7)14(18)19)20-6-9-3-2-8(13(16)17)5-10(9)15/h2-5H,6H2,1H3,(H2,16,17)(H,18,19). The molecule has 3 N–H and O–H groups in total. The van der Waals surface area contributed by atoms with Crippen LogP contribution in [0.5, 0.6) is 5.75 Å². The van der Waals surface area contributed by atoms with E-state index in [0.717, 1.165) is 22.3 Å². The van der Waals surface area contributed by atoms with Crippen LogP contribution >= 0.6 is 11.3 Å². The quantitative estimate of drug-likeness (QED) is 0.888. The highest BCUT2D eigenvalue weighted by atomic mass is 32.1. The van der Waals surface area contributed by atoms with Crippen molar-refractivity contribution in [1.82, 2.24) is 0 Å². The van der Waals surface area contributed by atoms with E-state index in [1.54, 1.807) is 13.0 Å². The molecule has 2 aromatic rings. The molecule has 0 radical (unpaired) electrons. The zero-order valence-corrected chi connectivity index (χ0v) is 11.9. The van der Waals surface area contributed by atoms with E-state index in [1.165, 1.54) is 12.1 Å². The molecule has 0 bridgehead atoms. The van der Waals surface area contributed by atoms with Crippen molar-refractivity contribution in [1.29, 1.82) is 0 Å². The highest BCUT2D eigenvalue weighted by Crippen LogP contribution is 2.29. The van der Waals surface area contributed by atoms with Crippen LogP contribution < -0.4 is 10.5 Å². The number of hydrogen-bond acceptors (Lipinski definition) is 4. The van der Waals surface area contributed by atoms with Gasteiger partial charge in [0.25, 0.3) is 0 Å². The first-order chi connectivity index (χ1) is 9.88. The van der Waals surface area contributed by atoms with Gasteiger partial charge in [-0.2, -0.15) is 0 Å². The van der Waals surface area contributed by atoms with E-state index < -0.39 is 17.7 Å². The fourth-order valence-electron chi connectivity index (χ4n) is 1.72. The van der Waals surface area contributed by atoms with Crippen molar-refractivity contribution in [3.8, 4) is 5.75 Å². The molecule has 2 rings (SSSR count). The Morgan fingerprint density at radius 2 is 2.10 bits per heavy atom. The number of carbonyl (C=O) groups is 2. The van der Waals surface area contributed by atoms with Crippen molar-refractivity contribution in [2.75, 3.05) is 0 Å². The SMILES string of the molecule is Cc1cc(OCc2ccc(C(N)=O)cc2F)c(C(=O)O)s1. The molecule has 7 heteroatoms. The average Bonchev–Trinajstić information content (AvgIpc) is 2.78. The zero-order chi connectivity index (χ0) is 15.6. The van der Waals surface area contributed by atoms with E-state index in [1.807, 2.05) is 0 Å². The summed E-state index contributed by atoms with van der Waals surface area (Å²) in [5.74, 6) is -2.24. The van der Waals surface area contributed by atoms with E-state index in [0.29, 0.717) is 0 Å². The molecule has 1 amide bonds. The number of ether oxygens (including phenoxy) is 1. The zero-order valence-electron chi connectivity index (χ0n) is 11.1. The maximum atomic E-state index is 13.8. The van der Waals surface area contributed by atoms with Crippen LogP contribution in [-0.4, -0.2) is 17.0 Å². The molecule has 0 saturated carbocycles. The number of primary amides is 1. The van der Waals surface area contributed by atoms with Crippen molar-refractivity contribution in [3.63, 3.8) is 0 Å². The maximum absolute atomic E-state index is 13.8. The molecule has 1 aromatic carbocycles. The lowest BCUT2D eigenvalue weighted by atomic mass is 10.1. The van der Waals surface area contributed by atoms with Gasteiger partial charge < -0.3 is 15.6 Å². The highest BCUT2D eigenvalue weighted by Gasteiger charge is 2.16. The van der Waals surface area contributed by atoms with Crippen LogP contribution in [0.25, 0.3) is 0 Å². The van der Waals surface area contributed by atoms with Gasteiger partial charge in [-0.3, -0.25) is 4.79 Å². The summed E-state index contributed by atoms with van der Waals surface area (Å²) in [5.41, 5.74) is 5.33. The van der Waals surface area contributed by atoms with Gasteiger partial charge in [0.15, 0.2) is 4.88 Å². The monoisotopic (exact) mass is 309 g/mol. The Labute approximate surface area is 123 Å². The molecule has 5 nitrogen and oxygen atoms in total. The predicted octanol–water partition coefficient (Wildman–Crippen LogP) is 2.57. The Morgan fingerprint density at radius 3 is 2.67 bits per heavy atom. The number of carbonyl (C=O) groups excluding carboxylic acids is 1. The van der Waals surface area contributed by atoms with Crippen molar-refractivity contribution in [2.24, 2.45) is 5.73 Å². The van der Waals surface area contributed by atoms with Crippen LogP contribution in [-0.2, 0) is 6.61 Å². The largest absolute Gasteiger partial charge is 0.487 e. The van der Waals surface area contributed by atoms with Crippen molar-refractivity contribution < 1.29 is 23.8 Å². The van der Waals surface area contributed by atoms with Gasteiger partial charge in [0, 0.05) is 16.0 Å². The van der Waals surface area contributed by atoms with E-state index in [4.69, 9.17) is 15.6 Å². The van der Waals surface area contributed by atoms with Gasteiger partial charge in [0.2, 0.25) is 5.91 Å². The first-order valence-electron chi connectivity index (χ1n) is 5.93. The third-order valence-corrected chi connectivity index (χ3v) is 3.76. The van der Waals surface area contributed by atoms with Gasteiger partial charge in [-0.1, -0.05) is 6.07 Å². The molecular weight excluding hydrogens is 297 g/mol. The molecule has 1 aromatic heterocycles. The number of aromatic carboxylic acids is 1. The first-order valence-corrected chi connectivity index (χ1v) is 6.75. The predicted molar refractivity (Wildman–Crippen MR) is 75.3 cm³/mol. The van der Waals surface area contributed by atoms with Crippen molar-refractivity contribution in [2.45, 2.75) is 13.5 Å². The lowest BCUT2D eigenvalue weighted by Crippen LogP contribution is -2.12. The normalized spacial score (nSPS) is 10.4. The van der Waals surface area contributed by atoms with E-state index in [9.17, 15) is 14.0 Å². The number of amides is 1. The summed E-state index contributed by atoms with van der Waals surface area (Å²) in [4.78, 5) is 22.8. The van der Waals surface area contributed by atoms with E-state index >= 15 is 0 Å². The van der Waals surface area contributed by atoms with Crippen LogP contribution in [0.4, 0.5) is 4.39 Å². The van der Waals surface area contributed by atoms with Crippen LogP contribution in [0.1, 0.15) is 30.5 Å². The van der Waals surface area contributed by atoms with Crippen molar-refractivity contribution >= 4 is 23.2 Å². The first kappa shape index (κ1) is 15.0. The maximum Gasteiger partial charge on any atom is 0.349 e. The number of benzene rings is 1. The minimum Gasteiger partial charge on any atom is -0.487 e. The number of aryl methyl sites for hydroxylation is 1. The molecule has 110 valence electrons. The van der Waals surface area contributed by atoms with Crippen LogP contribution in [0.3, 0.4) is 0 Å². The minimum absolute atomic E-state index is 0.0638. The second-order valence-corrected chi connectivity index (χ2v) is 5.57. The van der Waals surface area contributed by atoms with Gasteiger partial charge in [-0.15, -0.1) is 11.3 Å². The summed E-state index contributed by atoms with van der Waals surface area (Å²) in [6.45, 7) is 1.62. The van der Waals surface area contributed by atoms with Gasteiger partial charge in [0.1, 0.15) is 18.2 Å². The number of halogens is 1. The minimum atomic E-state index is -1.09. The molecule has 0 aliphatic carbocycles. The smallest absolute Gasteiger partial charge is 0.349 e. The van der Waals surface area contributed by atoms with Gasteiger partial charge >= 0.3 is 5.97 Å². The fourth-order valence-corrected chi connectivity index (χ4v) is 2.51. The Morgan fingerprint density at radius 1 is 1.38 bits per heavy atom. The highest BCUT2D eigenvalue weighted by molar-refractivity contribution is 7.14. The Kier molecular flexibility index (Phi) is 4.23. The number of rotatable bonds is 5. The number of nitrogens with two attached hydrogens (primary N) is 1. The summed E-state index contributed by atoms with van der Waals surface area (Å²) in [7, 11) is 0. The summed E-state index contributed by atoms with van der Waals surface area (Å²) < 4.78 is 19.1. The van der Waals surface area contributed by atoms with E-state index in [2.05, 4.69) is 0 Å². The molecule has 0 aliphatic rings. The van der Waals surface area contributed by atoms with Crippen LogP contribution in [0.2, 0.25) is 0 Å². The molecule has 0 fully saturated rings. The molecule has 1 heterocycles. The van der Waals surface area contributed by atoms with Crippen molar-refractivity contribution in [3.05, 3.63) is 51.0 Å². The van der Waals surface area contributed by atoms with E-state index in [-0.39, 0.29) is 28.4 Å². The second-order valence-electron chi connectivity index (χ2n) is 4.31. The van der Waals surface area contributed by atoms with Gasteiger partial charge in [0.05, 0.1) is 0 Å². The molecule has 21 heavy (non-hydrogen) atoms. The Bertz CT molecular complexity index is 711. The topological polar surface area (TPSA) is 89.6 Å². The fraction of sp³-hybridized carbons (Fsp3) is 0.143. The number of carboxylic acids is 1. The third kappa shape index (κ3) is 3.38. The Balaban J connectivity index is 2.17. The number of hydrogen-bond donors (Lipinski definition) is 2. The summed E-state index contributed by atoms with van der Waals surface area (Å²) in [6, 6.07) is 5.39.